The number of nitrogens with zero attached hydrogens (tertiary/aromatic N) is 3. The summed E-state index contributed by atoms with van der Waals surface area (Å²) in [5, 5.41) is 3.57. The average molecular weight is 264 g/mol. The van der Waals surface area contributed by atoms with E-state index < -0.39 is 0 Å². The second kappa shape index (κ2) is 7.06. The molecule has 1 aromatic rings. The van der Waals surface area contributed by atoms with E-state index in [9.17, 15) is 0 Å². The van der Waals surface area contributed by atoms with E-state index in [-0.39, 0.29) is 0 Å². The lowest BCUT2D eigenvalue weighted by molar-refractivity contribution is 0.160. The van der Waals surface area contributed by atoms with Crippen LogP contribution in [0.1, 0.15) is 39.3 Å². The van der Waals surface area contributed by atoms with E-state index in [4.69, 9.17) is 0 Å². The van der Waals surface area contributed by atoms with Gasteiger partial charge in [-0.25, -0.2) is 4.98 Å². The summed E-state index contributed by atoms with van der Waals surface area (Å²) in [4.78, 5) is 6.84. The topological polar surface area (TPSA) is 33.1 Å². The third-order valence-corrected chi connectivity index (χ3v) is 3.94. The lowest BCUT2D eigenvalue weighted by Crippen LogP contribution is -2.40. The molecule has 108 valence electrons. The van der Waals surface area contributed by atoms with Gasteiger partial charge in [-0.2, -0.15) is 0 Å². The van der Waals surface area contributed by atoms with Crippen LogP contribution in [0, 0.1) is 5.92 Å². The molecule has 4 nitrogen and oxygen atoms in total. The van der Waals surface area contributed by atoms with Gasteiger partial charge in [0.05, 0.1) is 12.0 Å². The highest BCUT2D eigenvalue weighted by Crippen LogP contribution is 2.18. The van der Waals surface area contributed by atoms with Gasteiger partial charge in [-0.15, -0.1) is 0 Å². The van der Waals surface area contributed by atoms with Crippen molar-refractivity contribution in [3.8, 4) is 0 Å². The van der Waals surface area contributed by atoms with Crippen molar-refractivity contribution in [2.75, 3.05) is 19.6 Å². The second-order valence-corrected chi connectivity index (χ2v) is 5.98. The fourth-order valence-corrected chi connectivity index (χ4v) is 2.86. The number of likely N-dealkylation sites (tertiary alicyclic amines) is 1. The zero-order valence-corrected chi connectivity index (χ0v) is 12.6. The first-order valence-corrected chi connectivity index (χ1v) is 7.63. The summed E-state index contributed by atoms with van der Waals surface area (Å²) >= 11 is 0. The molecule has 1 aliphatic heterocycles. The van der Waals surface area contributed by atoms with E-state index in [1.54, 1.807) is 0 Å². The van der Waals surface area contributed by atoms with Crippen LogP contribution in [0.4, 0.5) is 0 Å². The first kappa shape index (κ1) is 14.5. The Morgan fingerprint density at radius 2 is 2.32 bits per heavy atom. The molecule has 0 aromatic carbocycles. The Balaban J connectivity index is 1.84. The number of hydrogen-bond donors (Lipinski definition) is 1. The van der Waals surface area contributed by atoms with Crippen molar-refractivity contribution in [2.24, 2.45) is 5.92 Å². The summed E-state index contributed by atoms with van der Waals surface area (Å²) in [5.74, 6) is 0.800. The Hall–Kier alpha value is -0.870. The molecule has 0 radical (unpaired) electrons. The van der Waals surface area contributed by atoms with E-state index in [0.29, 0.717) is 6.04 Å². The van der Waals surface area contributed by atoms with Gasteiger partial charge in [0.2, 0.25) is 0 Å². The van der Waals surface area contributed by atoms with Crippen LogP contribution in [0.25, 0.3) is 0 Å². The van der Waals surface area contributed by atoms with Crippen LogP contribution in [0.2, 0.25) is 0 Å². The standard InChI is InChI=1S/C15H28N4/c1-4-19-12-16-9-15(19)11-18-7-5-6-14(10-18)8-17-13(2)3/h9,12-14,17H,4-8,10-11H2,1-3H3. The molecule has 0 spiro atoms. The maximum Gasteiger partial charge on any atom is 0.0948 e. The molecule has 0 saturated carbocycles. The van der Waals surface area contributed by atoms with E-state index in [0.717, 1.165) is 25.6 Å². The summed E-state index contributed by atoms with van der Waals surface area (Å²) < 4.78 is 2.25. The van der Waals surface area contributed by atoms with Gasteiger partial charge in [-0.05, 0) is 38.8 Å². The summed E-state index contributed by atoms with van der Waals surface area (Å²) in [7, 11) is 0. The van der Waals surface area contributed by atoms with Crippen molar-refractivity contribution < 1.29 is 0 Å². The zero-order valence-electron chi connectivity index (χ0n) is 12.6. The molecule has 1 aromatic heterocycles. The zero-order chi connectivity index (χ0) is 13.7. The minimum atomic E-state index is 0.594. The normalized spacial score (nSPS) is 21.2. The van der Waals surface area contributed by atoms with E-state index in [2.05, 4.69) is 40.5 Å². The average Bonchev–Trinajstić information content (AvgIpc) is 2.84. The van der Waals surface area contributed by atoms with Crippen molar-refractivity contribution in [1.82, 2.24) is 19.8 Å². The summed E-state index contributed by atoms with van der Waals surface area (Å²) in [5.41, 5.74) is 1.35. The lowest BCUT2D eigenvalue weighted by atomic mass is 9.97. The first-order chi connectivity index (χ1) is 9.19. The Bertz CT molecular complexity index is 372. The lowest BCUT2D eigenvalue weighted by Gasteiger charge is -2.33. The molecule has 1 unspecified atom stereocenters. The van der Waals surface area contributed by atoms with Crippen LogP contribution < -0.4 is 5.32 Å². The fourth-order valence-electron chi connectivity index (χ4n) is 2.86. The van der Waals surface area contributed by atoms with Gasteiger partial charge in [0, 0.05) is 31.9 Å². The van der Waals surface area contributed by atoms with Crippen molar-refractivity contribution in [1.29, 1.82) is 0 Å². The fraction of sp³-hybridized carbons (Fsp3) is 0.800. The molecule has 1 fully saturated rings. The van der Waals surface area contributed by atoms with Gasteiger partial charge in [-0.1, -0.05) is 13.8 Å². The number of rotatable bonds is 6. The highest BCUT2D eigenvalue weighted by atomic mass is 15.2. The largest absolute Gasteiger partial charge is 0.334 e. The van der Waals surface area contributed by atoms with Crippen molar-refractivity contribution in [2.45, 2.75) is 52.7 Å². The van der Waals surface area contributed by atoms with E-state index in [1.807, 2.05) is 12.5 Å². The number of aromatic nitrogens is 2. The van der Waals surface area contributed by atoms with Crippen LogP contribution in [-0.2, 0) is 13.1 Å². The van der Waals surface area contributed by atoms with Gasteiger partial charge in [-0.3, -0.25) is 4.90 Å². The molecule has 1 atom stereocenters. The molecule has 0 bridgehead atoms. The molecule has 1 saturated heterocycles. The smallest absolute Gasteiger partial charge is 0.0948 e. The first-order valence-electron chi connectivity index (χ1n) is 7.63. The monoisotopic (exact) mass is 264 g/mol. The van der Waals surface area contributed by atoms with E-state index >= 15 is 0 Å². The molecule has 0 aliphatic carbocycles. The van der Waals surface area contributed by atoms with Crippen LogP contribution in [0.15, 0.2) is 12.5 Å². The van der Waals surface area contributed by atoms with Crippen molar-refractivity contribution in [3.05, 3.63) is 18.2 Å². The number of aryl methyl sites for hydroxylation is 1. The molecule has 19 heavy (non-hydrogen) atoms. The molecule has 1 aliphatic rings. The maximum atomic E-state index is 4.26. The molecule has 2 rings (SSSR count). The molecule has 0 amide bonds. The SMILES string of the molecule is CCn1cncc1CN1CCCC(CNC(C)C)C1. The minimum absolute atomic E-state index is 0.594. The second-order valence-electron chi connectivity index (χ2n) is 5.98. The van der Waals surface area contributed by atoms with Gasteiger partial charge >= 0.3 is 0 Å². The Morgan fingerprint density at radius 1 is 1.47 bits per heavy atom. The summed E-state index contributed by atoms with van der Waals surface area (Å²) in [6.07, 6.45) is 6.64. The Morgan fingerprint density at radius 3 is 3.05 bits per heavy atom. The minimum Gasteiger partial charge on any atom is -0.334 e. The highest BCUT2D eigenvalue weighted by molar-refractivity contribution is 4.98. The molecular formula is C15H28N4. The number of nitrogens with one attached hydrogen (secondary N) is 1. The predicted molar refractivity (Wildman–Crippen MR) is 79.0 cm³/mol. The molecule has 1 N–H and O–H groups in total. The van der Waals surface area contributed by atoms with Crippen LogP contribution in [0.5, 0.6) is 0 Å². The third kappa shape index (κ3) is 4.32. The summed E-state index contributed by atoms with van der Waals surface area (Å²) in [6, 6.07) is 0.594. The van der Waals surface area contributed by atoms with Crippen molar-refractivity contribution >= 4 is 0 Å². The van der Waals surface area contributed by atoms with Crippen molar-refractivity contribution in [3.63, 3.8) is 0 Å². The van der Waals surface area contributed by atoms with Gasteiger partial charge in [0.25, 0.3) is 0 Å². The number of hydrogen-bond acceptors (Lipinski definition) is 3. The maximum absolute atomic E-state index is 4.26. The van der Waals surface area contributed by atoms with E-state index in [1.165, 1.54) is 31.6 Å². The highest BCUT2D eigenvalue weighted by Gasteiger charge is 2.20. The number of piperidine rings is 1. The van der Waals surface area contributed by atoms with Gasteiger partial charge in [0.1, 0.15) is 0 Å². The Kier molecular flexibility index (Phi) is 5.40. The Labute approximate surface area is 117 Å². The molecule has 4 heteroatoms. The van der Waals surface area contributed by atoms with Crippen LogP contribution in [-0.4, -0.2) is 40.1 Å². The third-order valence-electron chi connectivity index (χ3n) is 3.94. The quantitative estimate of drug-likeness (QED) is 0.854. The molecule has 2 heterocycles. The number of imidazole rings is 1. The molecular weight excluding hydrogens is 236 g/mol. The van der Waals surface area contributed by atoms with Crippen LogP contribution >= 0.6 is 0 Å². The van der Waals surface area contributed by atoms with Gasteiger partial charge < -0.3 is 9.88 Å². The summed E-state index contributed by atoms with van der Waals surface area (Å²) in [6.45, 7) is 12.3. The van der Waals surface area contributed by atoms with Gasteiger partial charge in [0.15, 0.2) is 0 Å². The predicted octanol–water partition coefficient (Wildman–Crippen LogP) is 2.11. The van der Waals surface area contributed by atoms with Crippen LogP contribution in [0.3, 0.4) is 0 Å².